The number of allylic oxidation sites excluding steroid dienone is 2. The SMILES string of the molecule is C=N/C(NC1CCC(F)(F)CC1)=C(/C=CC)C(=C)NCC. The van der Waals surface area contributed by atoms with Gasteiger partial charge in [0.2, 0.25) is 5.92 Å². The molecule has 1 fully saturated rings. The van der Waals surface area contributed by atoms with Crippen LogP contribution in [0.4, 0.5) is 8.78 Å². The monoisotopic (exact) mass is 297 g/mol. The summed E-state index contributed by atoms with van der Waals surface area (Å²) in [5.41, 5.74) is 1.55. The van der Waals surface area contributed by atoms with Crippen LogP contribution in [-0.2, 0) is 0 Å². The summed E-state index contributed by atoms with van der Waals surface area (Å²) in [6.45, 7) is 12.2. The van der Waals surface area contributed by atoms with Gasteiger partial charge in [0.15, 0.2) is 0 Å². The van der Waals surface area contributed by atoms with Gasteiger partial charge in [-0.1, -0.05) is 18.7 Å². The van der Waals surface area contributed by atoms with Gasteiger partial charge < -0.3 is 10.6 Å². The molecule has 0 aliphatic heterocycles. The van der Waals surface area contributed by atoms with Crippen LogP contribution in [0.3, 0.4) is 0 Å². The van der Waals surface area contributed by atoms with Crippen molar-refractivity contribution in [1.29, 1.82) is 0 Å². The first-order valence-corrected chi connectivity index (χ1v) is 7.34. The highest BCUT2D eigenvalue weighted by Gasteiger charge is 2.35. The standard InChI is InChI=1S/C16H25F2N3/c1-5-7-14(12(3)20-6-2)15(19-4)21-13-8-10-16(17,18)11-9-13/h5,7,13,20-21H,3-4,6,8-11H2,1-2H3/b7-5?,15-14+. The second-order valence-electron chi connectivity index (χ2n) is 5.20. The Kier molecular flexibility index (Phi) is 6.59. The zero-order valence-electron chi connectivity index (χ0n) is 12.9. The van der Waals surface area contributed by atoms with Gasteiger partial charge in [-0.15, -0.1) is 0 Å². The Bertz CT molecular complexity index is 429. The molecule has 0 atom stereocenters. The molecule has 1 rings (SSSR count). The smallest absolute Gasteiger partial charge is 0.248 e. The molecule has 0 heterocycles. The number of halogens is 2. The fraction of sp³-hybridized carbons (Fsp3) is 0.562. The van der Waals surface area contributed by atoms with Crippen molar-refractivity contribution in [2.45, 2.75) is 51.5 Å². The molecule has 1 saturated carbocycles. The molecule has 0 unspecified atom stereocenters. The van der Waals surface area contributed by atoms with E-state index >= 15 is 0 Å². The Morgan fingerprint density at radius 3 is 2.48 bits per heavy atom. The lowest BCUT2D eigenvalue weighted by molar-refractivity contribution is -0.0397. The van der Waals surface area contributed by atoms with Crippen molar-refractivity contribution in [3.8, 4) is 0 Å². The zero-order valence-corrected chi connectivity index (χ0v) is 12.9. The molecule has 1 aliphatic rings. The van der Waals surface area contributed by atoms with Crippen LogP contribution >= 0.6 is 0 Å². The first-order valence-electron chi connectivity index (χ1n) is 7.34. The van der Waals surface area contributed by atoms with E-state index in [1.807, 2.05) is 26.0 Å². The van der Waals surface area contributed by atoms with E-state index in [0.29, 0.717) is 18.7 Å². The normalized spacial score (nSPS) is 20.0. The molecule has 0 radical (unpaired) electrons. The van der Waals surface area contributed by atoms with Crippen molar-refractivity contribution < 1.29 is 8.78 Å². The van der Waals surface area contributed by atoms with Gasteiger partial charge in [-0.25, -0.2) is 13.8 Å². The van der Waals surface area contributed by atoms with Crippen molar-refractivity contribution >= 4 is 6.72 Å². The summed E-state index contributed by atoms with van der Waals surface area (Å²) in [4.78, 5) is 4.02. The number of nitrogens with one attached hydrogen (secondary N) is 2. The Balaban J connectivity index is 2.85. The third-order valence-corrected chi connectivity index (χ3v) is 3.52. The number of nitrogens with zero attached hydrogens (tertiary/aromatic N) is 1. The topological polar surface area (TPSA) is 36.4 Å². The number of rotatable bonds is 7. The highest BCUT2D eigenvalue weighted by Crippen LogP contribution is 2.33. The van der Waals surface area contributed by atoms with E-state index in [-0.39, 0.29) is 18.9 Å². The maximum absolute atomic E-state index is 13.2. The Hall–Kier alpha value is -1.65. The second kappa shape index (κ2) is 7.96. The second-order valence-corrected chi connectivity index (χ2v) is 5.20. The lowest BCUT2D eigenvalue weighted by atomic mass is 9.92. The molecule has 118 valence electrons. The summed E-state index contributed by atoms with van der Waals surface area (Å²) < 4.78 is 26.4. The van der Waals surface area contributed by atoms with Gasteiger partial charge in [0.25, 0.3) is 0 Å². The van der Waals surface area contributed by atoms with Crippen LogP contribution in [0.2, 0.25) is 0 Å². The van der Waals surface area contributed by atoms with Gasteiger partial charge in [0.05, 0.1) is 0 Å². The molecule has 0 bridgehead atoms. The molecule has 0 amide bonds. The molecule has 5 heteroatoms. The van der Waals surface area contributed by atoms with E-state index in [4.69, 9.17) is 0 Å². The molecule has 0 aromatic rings. The van der Waals surface area contributed by atoms with Crippen LogP contribution < -0.4 is 10.6 Å². The van der Waals surface area contributed by atoms with E-state index in [1.54, 1.807) is 0 Å². The number of likely N-dealkylation sites (N-methyl/N-ethyl adjacent to an activating group) is 1. The summed E-state index contributed by atoms with van der Waals surface area (Å²) in [6.07, 6.45) is 4.48. The number of hydrogen-bond acceptors (Lipinski definition) is 3. The number of hydrogen-bond donors (Lipinski definition) is 2. The van der Waals surface area contributed by atoms with Gasteiger partial charge in [0, 0.05) is 36.7 Å². The third kappa shape index (κ3) is 5.33. The molecule has 2 N–H and O–H groups in total. The summed E-state index contributed by atoms with van der Waals surface area (Å²) >= 11 is 0. The molecule has 3 nitrogen and oxygen atoms in total. The van der Waals surface area contributed by atoms with Gasteiger partial charge in [-0.3, -0.25) is 0 Å². The first kappa shape index (κ1) is 17.4. The molecule has 0 saturated heterocycles. The average molecular weight is 297 g/mol. The predicted octanol–water partition coefficient (Wildman–Crippen LogP) is 3.77. The summed E-state index contributed by atoms with van der Waals surface area (Å²) in [6, 6.07) is -0.000178. The fourth-order valence-electron chi connectivity index (χ4n) is 2.38. The van der Waals surface area contributed by atoms with Crippen LogP contribution in [0.15, 0.2) is 40.8 Å². The number of alkyl halides is 2. The van der Waals surface area contributed by atoms with Crippen molar-refractivity contribution in [3.05, 3.63) is 35.8 Å². The molecular formula is C16H25F2N3. The van der Waals surface area contributed by atoms with Crippen molar-refractivity contribution in [3.63, 3.8) is 0 Å². The molecule has 1 aliphatic carbocycles. The summed E-state index contributed by atoms with van der Waals surface area (Å²) in [5.74, 6) is -1.93. The average Bonchev–Trinajstić information content (AvgIpc) is 2.44. The maximum Gasteiger partial charge on any atom is 0.248 e. The zero-order chi connectivity index (χ0) is 15.9. The van der Waals surface area contributed by atoms with E-state index in [2.05, 4.69) is 28.9 Å². The minimum atomic E-state index is -2.52. The van der Waals surface area contributed by atoms with E-state index in [9.17, 15) is 8.78 Å². The largest absolute Gasteiger partial charge is 0.385 e. The Morgan fingerprint density at radius 1 is 1.38 bits per heavy atom. The van der Waals surface area contributed by atoms with Crippen LogP contribution in [0, 0.1) is 0 Å². The van der Waals surface area contributed by atoms with Crippen molar-refractivity contribution in [2.75, 3.05) is 6.54 Å². The maximum atomic E-state index is 13.2. The lowest BCUT2D eigenvalue weighted by Gasteiger charge is -2.30. The van der Waals surface area contributed by atoms with Crippen LogP contribution in [-0.4, -0.2) is 25.2 Å². The van der Waals surface area contributed by atoms with Gasteiger partial charge in [-0.05, 0) is 33.4 Å². The Morgan fingerprint density at radius 2 is 2.00 bits per heavy atom. The molecule has 21 heavy (non-hydrogen) atoms. The van der Waals surface area contributed by atoms with E-state index < -0.39 is 5.92 Å². The van der Waals surface area contributed by atoms with Gasteiger partial charge >= 0.3 is 0 Å². The highest BCUT2D eigenvalue weighted by molar-refractivity contribution is 5.43. The lowest BCUT2D eigenvalue weighted by Crippen LogP contribution is -2.37. The van der Waals surface area contributed by atoms with Crippen LogP contribution in [0.25, 0.3) is 0 Å². The van der Waals surface area contributed by atoms with Crippen LogP contribution in [0.5, 0.6) is 0 Å². The van der Waals surface area contributed by atoms with Gasteiger partial charge in [0.1, 0.15) is 5.82 Å². The van der Waals surface area contributed by atoms with Crippen LogP contribution in [0.1, 0.15) is 39.5 Å². The van der Waals surface area contributed by atoms with Gasteiger partial charge in [-0.2, -0.15) is 0 Å². The molecule has 0 spiro atoms. The fourth-order valence-corrected chi connectivity index (χ4v) is 2.38. The Labute approximate surface area is 125 Å². The van der Waals surface area contributed by atoms with E-state index in [1.165, 1.54) is 0 Å². The predicted molar refractivity (Wildman–Crippen MR) is 84.5 cm³/mol. The summed E-state index contributed by atoms with van der Waals surface area (Å²) in [5, 5.41) is 6.38. The quantitative estimate of drug-likeness (QED) is 0.554. The molecule has 0 aromatic carbocycles. The third-order valence-electron chi connectivity index (χ3n) is 3.52. The minimum absolute atomic E-state index is 0.000178. The minimum Gasteiger partial charge on any atom is -0.385 e. The molecule has 0 aromatic heterocycles. The number of aliphatic imine (C=N–C) groups is 1. The summed E-state index contributed by atoms with van der Waals surface area (Å²) in [7, 11) is 0. The molecular weight excluding hydrogens is 272 g/mol. The van der Waals surface area contributed by atoms with E-state index in [0.717, 1.165) is 17.8 Å². The first-order chi connectivity index (χ1) is 9.93. The van der Waals surface area contributed by atoms with Crippen molar-refractivity contribution in [1.82, 2.24) is 10.6 Å². The highest BCUT2D eigenvalue weighted by atomic mass is 19.3. The van der Waals surface area contributed by atoms with Crippen molar-refractivity contribution in [2.24, 2.45) is 4.99 Å².